The number of urea groups is 2. The van der Waals surface area contributed by atoms with E-state index in [1.165, 1.54) is 11.1 Å². The Morgan fingerprint density at radius 1 is 0.620 bits per heavy atom. The summed E-state index contributed by atoms with van der Waals surface area (Å²) >= 11 is 0. The number of carbonyl (C=O) groups excluding carboxylic acids is 3. The van der Waals surface area contributed by atoms with Crippen molar-refractivity contribution in [2.75, 3.05) is 49.5 Å². The van der Waals surface area contributed by atoms with Crippen LogP contribution in [0.5, 0.6) is 0 Å². The Balaban J connectivity index is 1.69. The fraction of sp³-hybridized carbons (Fsp3) is 0.508. The van der Waals surface area contributed by atoms with Gasteiger partial charge < -0.3 is 30.4 Å². The average Bonchev–Trinajstić information content (AvgIpc) is 3.38. The number of allylic oxidation sites excluding steroid dienone is 5. The van der Waals surface area contributed by atoms with E-state index in [1.807, 2.05) is 64.1 Å². The largest absolute Gasteiger partial charge is 0.871 e. The van der Waals surface area contributed by atoms with Crippen LogP contribution >= 0.6 is 0 Å². The van der Waals surface area contributed by atoms with Crippen molar-refractivity contribution in [2.24, 2.45) is 11.8 Å². The molecule has 0 aliphatic heterocycles. The SMILES string of the molecule is CCCCc1ccc(N(CC(CC)CCC)c2ccc(C3=C([O-])C(=C4C=CC(=[N+](CC(CC)CCCC)c5ccc(CCCC)cc5)C=C4NC(=O)N(CC)CC)C3=O)c(NC(=O)N(CC)CC)c2)cc1. The van der Waals surface area contributed by atoms with Crippen LogP contribution in [-0.4, -0.2) is 77.2 Å². The molecule has 0 aromatic heterocycles. The van der Waals surface area contributed by atoms with E-state index in [0.29, 0.717) is 60.5 Å². The standard InChI is InChI=1S/C61H86N6O4/c1-11-21-25-45(16-6)43-67(49-34-30-47(31-35-49)27-23-13-3)51-37-39-53(55(41-51)63-61(71)65(19-9)20-10)57-58(68)56(59(57)69)52-38-36-50(40-54(52)62-60(70)64(17-7)18-8)66(42-44(15-5)24-14-4)48-32-28-46(29-33-48)26-22-12-2/h28-41,44-45H,11-27,42-43H2,1-10H3,(H2,62,63,68,69,70,71). The summed E-state index contributed by atoms with van der Waals surface area (Å²) in [7, 11) is 0. The minimum atomic E-state index is -0.425. The van der Waals surface area contributed by atoms with Crippen LogP contribution in [-0.2, 0) is 17.6 Å². The summed E-state index contributed by atoms with van der Waals surface area (Å²) in [5, 5.41) is 21.1. The van der Waals surface area contributed by atoms with Crippen molar-refractivity contribution in [2.45, 2.75) is 153 Å². The molecule has 0 radical (unpaired) electrons. The van der Waals surface area contributed by atoms with Crippen molar-refractivity contribution in [1.29, 1.82) is 0 Å². The third-order valence-corrected chi connectivity index (χ3v) is 14.5. The maximum Gasteiger partial charge on any atom is 0.321 e. The van der Waals surface area contributed by atoms with Crippen LogP contribution in [0.15, 0.2) is 108 Å². The molecule has 2 atom stereocenters. The molecular formula is C61H86N6O4. The number of benzene rings is 3. The zero-order valence-electron chi connectivity index (χ0n) is 45.1. The van der Waals surface area contributed by atoms with Crippen LogP contribution in [0.2, 0.25) is 0 Å². The molecule has 0 fully saturated rings. The summed E-state index contributed by atoms with van der Waals surface area (Å²) in [6.07, 6.45) is 19.9. The van der Waals surface area contributed by atoms with Gasteiger partial charge in [-0.05, 0) is 120 Å². The third-order valence-electron chi connectivity index (χ3n) is 14.5. The third kappa shape index (κ3) is 14.4. The second-order valence-electron chi connectivity index (χ2n) is 19.3. The molecule has 10 nitrogen and oxygen atoms in total. The van der Waals surface area contributed by atoms with Crippen LogP contribution in [0.3, 0.4) is 0 Å². The van der Waals surface area contributed by atoms with Gasteiger partial charge in [0.1, 0.15) is 0 Å². The van der Waals surface area contributed by atoms with E-state index in [0.717, 1.165) is 119 Å². The number of amides is 4. The molecule has 4 amide bonds. The number of nitrogens with one attached hydrogen (secondary N) is 2. The number of unbranched alkanes of at least 4 members (excludes halogenated alkanes) is 3. The lowest BCUT2D eigenvalue weighted by Gasteiger charge is -2.35. The molecule has 2 unspecified atom stereocenters. The Hall–Kier alpha value is -5.90. The van der Waals surface area contributed by atoms with E-state index >= 15 is 0 Å². The normalized spacial score (nSPS) is 16.0. The van der Waals surface area contributed by atoms with Crippen molar-refractivity contribution in [3.63, 3.8) is 0 Å². The molecule has 71 heavy (non-hydrogen) atoms. The summed E-state index contributed by atoms with van der Waals surface area (Å²) in [5.74, 6) is 0.00564. The molecule has 2 aliphatic rings. The lowest BCUT2D eigenvalue weighted by Crippen LogP contribution is -2.41. The van der Waals surface area contributed by atoms with Gasteiger partial charge in [0.15, 0.2) is 12.3 Å². The number of rotatable bonds is 27. The Morgan fingerprint density at radius 2 is 1.18 bits per heavy atom. The lowest BCUT2D eigenvalue weighted by atomic mass is 9.78. The summed E-state index contributed by atoms with van der Waals surface area (Å²) in [4.78, 5) is 48.3. The van der Waals surface area contributed by atoms with Crippen LogP contribution in [0.25, 0.3) is 5.57 Å². The zero-order valence-corrected chi connectivity index (χ0v) is 45.1. The highest BCUT2D eigenvalue weighted by Crippen LogP contribution is 2.43. The van der Waals surface area contributed by atoms with Gasteiger partial charge in [0.2, 0.25) is 11.4 Å². The number of nitrogens with zero attached hydrogens (tertiary/aromatic N) is 4. The fourth-order valence-electron chi connectivity index (χ4n) is 9.77. The molecule has 0 spiro atoms. The van der Waals surface area contributed by atoms with Crippen LogP contribution in [0.4, 0.5) is 32.3 Å². The Morgan fingerprint density at radius 3 is 1.72 bits per heavy atom. The van der Waals surface area contributed by atoms with Gasteiger partial charge in [-0.15, -0.1) is 0 Å². The van der Waals surface area contributed by atoms with Gasteiger partial charge >= 0.3 is 12.1 Å². The van der Waals surface area contributed by atoms with E-state index in [-0.39, 0.29) is 23.2 Å². The first-order valence-corrected chi connectivity index (χ1v) is 27.4. The summed E-state index contributed by atoms with van der Waals surface area (Å²) in [6.45, 7) is 24.6. The molecule has 0 saturated carbocycles. The monoisotopic (exact) mass is 967 g/mol. The molecule has 384 valence electrons. The fourth-order valence-corrected chi connectivity index (χ4v) is 9.77. The second-order valence-corrected chi connectivity index (χ2v) is 19.3. The average molecular weight is 967 g/mol. The molecule has 0 saturated heterocycles. The molecule has 0 heterocycles. The van der Waals surface area contributed by atoms with Gasteiger partial charge in [0, 0.05) is 96.6 Å². The van der Waals surface area contributed by atoms with Crippen LogP contribution in [0, 0.1) is 11.8 Å². The molecule has 2 N–H and O–H groups in total. The lowest BCUT2D eigenvalue weighted by molar-refractivity contribution is -0.448. The molecule has 2 aliphatic carbocycles. The molecule has 5 rings (SSSR count). The molecule has 10 heteroatoms. The summed E-state index contributed by atoms with van der Waals surface area (Å²) in [5.41, 5.74) is 8.01. The van der Waals surface area contributed by atoms with Crippen LogP contribution < -0.4 is 20.6 Å². The number of hydrogen-bond acceptors (Lipinski definition) is 5. The van der Waals surface area contributed by atoms with Crippen molar-refractivity contribution >= 4 is 51.9 Å². The van der Waals surface area contributed by atoms with Crippen molar-refractivity contribution in [1.82, 2.24) is 15.1 Å². The predicted molar refractivity (Wildman–Crippen MR) is 295 cm³/mol. The Labute approximate surface area is 427 Å². The number of anilines is 3. The van der Waals surface area contributed by atoms with Gasteiger partial charge in [-0.2, -0.15) is 4.58 Å². The molecular weight excluding hydrogens is 881 g/mol. The first kappa shape index (κ1) is 56.0. The van der Waals surface area contributed by atoms with Crippen LogP contribution in [0.1, 0.15) is 157 Å². The van der Waals surface area contributed by atoms with E-state index < -0.39 is 11.5 Å². The number of Topliss-reactive ketones (excluding diaryl/α,β-unsaturated/α-hetero) is 1. The quantitative estimate of drug-likeness (QED) is 0.0584. The van der Waals surface area contributed by atoms with Gasteiger partial charge in [0.05, 0.1) is 11.4 Å². The minimum Gasteiger partial charge on any atom is -0.871 e. The number of aryl methyl sites for hydroxylation is 2. The highest BCUT2D eigenvalue weighted by Gasteiger charge is 2.36. The first-order valence-electron chi connectivity index (χ1n) is 27.4. The van der Waals surface area contributed by atoms with Gasteiger partial charge in [-0.3, -0.25) is 4.79 Å². The minimum absolute atomic E-state index is 0.0160. The topological polar surface area (TPSA) is 111 Å². The van der Waals surface area contributed by atoms with Crippen molar-refractivity contribution in [3.8, 4) is 0 Å². The number of carbonyl (C=O) groups is 3. The Bertz CT molecular complexity index is 2400. The first-order chi connectivity index (χ1) is 34.4. The van der Waals surface area contributed by atoms with E-state index in [4.69, 9.17) is 0 Å². The highest BCUT2D eigenvalue weighted by molar-refractivity contribution is 6.40. The zero-order chi connectivity index (χ0) is 51.5. The van der Waals surface area contributed by atoms with Gasteiger partial charge in [0.25, 0.3) is 0 Å². The Kier molecular flexibility index (Phi) is 22.3. The summed E-state index contributed by atoms with van der Waals surface area (Å²) < 4.78 is 2.32. The number of ketones is 1. The van der Waals surface area contributed by atoms with Gasteiger partial charge in [-0.25, -0.2) is 9.59 Å². The maximum atomic E-state index is 14.8. The molecule has 3 aromatic carbocycles. The maximum absolute atomic E-state index is 14.8. The summed E-state index contributed by atoms with van der Waals surface area (Å²) in [6, 6.07) is 22.7. The smallest absolute Gasteiger partial charge is 0.321 e. The highest BCUT2D eigenvalue weighted by atomic mass is 16.3. The van der Waals surface area contributed by atoms with E-state index in [2.05, 4.69) is 110 Å². The van der Waals surface area contributed by atoms with Gasteiger partial charge in [-0.1, -0.05) is 116 Å². The van der Waals surface area contributed by atoms with Crippen molar-refractivity contribution < 1.29 is 24.1 Å². The molecule has 0 bridgehead atoms. The van der Waals surface area contributed by atoms with E-state index in [1.54, 1.807) is 9.80 Å². The second kappa shape index (κ2) is 28.2. The van der Waals surface area contributed by atoms with Crippen molar-refractivity contribution in [3.05, 3.63) is 124 Å². The predicted octanol–water partition coefficient (Wildman–Crippen LogP) is 13.7. The van der Waals surface area contributed by atoms with E-state index in [9.17, 15) is 19.5 Å². The molecule has 3 aromatic rings. The number of hydrogen-bond donors (Lipinski definition) is 2.